The Kier molecular flexibility index (Phi) is 8.30. The van der Waals surface area contributed by atoms with Crippen molar-refractivity contribution < 1.29 is 33.4 Å². The highest BCUT2D eigenvalue weighted by Crippen LogP contribution is 2.35. The number of hydrogen-bond donors (Lipinski definition) is 2. The van der Waals surface area contributed by atoms with Gasteiger partial charge in [0.25, 0.3) is 0 Å². The monoisotopic (exact) mass is 332 g/mol. The van der Waals surface area contributed by atoms with Gasteiger partial charge in [0.05, 0.1) is 25.5 Å². The second-order valence-electron chi connectivity index (χ2n) is 4.72. The van der Waals surface area contributed by atoms with Crippen LogP contribution in [-0.4, -0.2) is 41.4 Å². The first-order valence-corrected chi connectivity index (χ1v) is 8.58. The van der Waals surface area contributed by atoms with Crippen LogP contribution >= 0.6 is 7.60 Å². The summed E-state index contributed by atoms with van der Waals surface area (Å²) in [6, 6.07) is 9.49. The van der Waals surface area contributed by atoms with Crippen LogP contribution in [0.2, 0.25) is 0 Å². The minimum Gasteiger partial charge on any atom is -0.439 e. The van der Waals surface area contributed by atoms with Crippen molar-refractivity contribution in [2.24, 2.45) is 0 Å². The van der Waals surface area contributed by atoms with Crippen LogP contribution in [0.25, 0.3) is 0 Å². The normalized spacial score (nSPS) is 12.9. The fraction of sp³-hybridized carbons (Fsp3) is 0.500. The Morgan fingerprint density at radius 3 is 2.55 bits per heavy atom. The average molecular weight is 332 g/mol. The van der Waals surface area contributed by atoms with Crippen molar-refractivity contribution in [2.45, 2.75) is 26.1 Å². The molecule has 124 valence electrons. The molecule has 0 saturated carbocycles. The third kappa shape index (κ3) is 9.65. The van der Waals surface area contributed by atoms with Crippen molar-refractivity contribution in [1.29, 1.82) is 0 Å². The molecule has 0 aliphatic carbocycles. The van der Waals surface area contributed by atoms with Crippen LogP contribution in [0.3, 0.4) is 0 Å². The SMILES string of the molecule is CC(=O)OCOC(CCP(=O)(O)O)COCc1ccccc1. The Bertz CT molecular complexity index is 485. The van der Waals surface area contributed by atoms with Gasteiger partial charge in [-0.2, -0.15) is 0 Å². The zero-order valence-electron chi connectivity index (χ0n) is 12.4. The van der Waals surface area contributed by atoms with Crippen LogP contribution in [0.4, 0.5) is 0 Å². The zero-order chi connectivity index (χ0) is 16.4. The molecule has 0 fully saturated rings. The first-order chi connectivity index (χ1) is 10.4. The quantitative estimate of drug-likeness (QED) is 0.382. The van der Waals surface area contributed by atoms with Crippen LogP contribution in [-0.2, 0) is 30.2 Å². The molecule has 1 aromatic carbocycles. The number of rotatable bonds is 10. The minimum atomic E-state index is -4.10. The van der Waals surface area contributed by atoms with E-state index < -0.39 is 19.7 Å². The summed E-state index contributed by atoms with van der Waals surface area (Å²) < 4.78 is 26.3. The Morgan fingerprint density at radius 1 is 1.27 bits per heavy atom. The summed E-state index contributed by atoms with van der Waals surface area (Å²) in [6.45, 7) is 1.50. The lowest BCUT2D eigenvalue weighted by atomic mass is 10.2. The largest absolute Gasteiger partial charge is 0.439 e. The molecule has 0 heterocycles. The third-order valence-electron chi connectivity index (χ3n) is 2.72. The molecule has 0 aromatic heterocycles. The van der Waals surface area contributed by atoms with E-state index in [2.05, 4.69) is 4.74 Å². The van der Waals surface area contributed by atoms with E-state index in [0.717, 1.165) is 5.56 Å². The van der Waals surface area contributed by atoms with Crippen LogP contribution in [0.1, 0.15) is 18.9 Å². The predicted molar refractivity (Wildman–Crippen MR) is 79.1 cm³/mol. The molecule has 0 radical (unpaired) electrons. The zero-order valence-corrected chi connectivity index (χ0v) is 13.3. The summed E-state index contributed by atoms with van der Waals surface area (Å²) in [7, 11) is -4.10. The molecule has 1 atom stereocenters. The van der Waals surface area contributed by atoms with Crippen molar-refractivity contribution in [2.75, 3.05) is 19.6 Å². The van der Waals surface area contributed by atoms with E-state index in [9.17, 15) is 9.36 Å². The van der Waals surface area contributed by atoms with Gasteiger partial charge in [0.1, 0.15) is 0 Å². The number of esters is 1. The maximum atomic E-state index is 10.9. The highest BCUT2D eigenvalue weighted by atomic mass is 31.2. The summed E-state index contributed by atoms with van der Waals surface area (Å²) >= 11 is 0. The summed E-state index contributed by atoms with van der Waals surface area (Å²) in [6.07, 6.45) is -0.761. The molecule has 0 bridgehead atoms. The van der Waals surface area contributed by atoms with Crippen molar-refractivity contribution in [3.8, 4) is 0 Å². The molecule has 0 aliphatic heterocycles. The van der Waals surface area contributed by atoms with Gasteiger partial charge < -0.3 is 24.0 Å². The lowest BCUT2D eigenvalue weighted by Gasteiger charge is -2.18. The highest BCUT2D eigenvalue weighted by molar-refractivity contribution is 7.51. The maximum Gasteiger partial charge on any atom is 0.325 e. The number of hydrogen-bond acceptors (Lipinski definition) is 5. The Morgan fingerprint density at radius 2 is 1.95 bits per heavy atom. The Labute approximate surface area is 129 Å². The smallest absolute Gasteiger partial charge is 0.325 e. The van der Waals surface area contributed by atoms with Crippen molar-refractivity contribution in [3.63, 3.8) is 0 Å². The standard InChI is InChI=1S/C14H21O7P/c1-12(15)20-11-21-14(7-8-22(16,17)18)10-19-9-13-5-3-2-4-6-13/h2-6,14H,7-11H2,1H3,(H2,16,17,18). The van der Waals surface area contributed by atoms with Crippen molar-refractivity contribution >= 4 is 13.6 Å². The van der Waals surface area contributed by atoms with E-state index in [1.165, 1.54) is 6.92 Å². The van der Waals surface area contributed by atoms with E-state index >= 15 is 0 Å². The highest BCUT2D eigenvalue weighted by Gasteiger charge is 2.18. The summed E-state index contributed by atoms with van der Waals surface area (Å²) in [4.78, 5) is 28.5. The van der Waals surface area contributed by atoms with Crippen LogP contribution in [0, 0.1) is 0 Å². The fourth-order valence-corrected chi connectivity index (χ4v) is 2.25. The Balaban J connectivity index is 2.38. The van der Waals surface area contributed by atoms with Gasteiger partial charge in [0.15, 0.2) is 6.79 Å². The number of carbonyl (C=O) groups excluding carboxylic acids is 1. The first kappa shape index (κ1) is 18.8. The maximum absolute atomic E-state index is 10.9. The summed E-state index contributed by atoms with van der Waals surface area (Å²) in [5, 5.41) is 0. The van der Waals surface area contributed by atoms with Gasteiger partial charge >= 0.3 is 13.6 Å². The van der Waals surface area contributed by atoms with Gasteiger partial charge in [-0.05, 0) is 12.0 Å². The Hall–Kier alpha value is -1.24. The first-order valence-electron chi connectivity index (χ1n) is 6.78. The number of carbonyl (C=O) groups is 1. The molecule has 1 unspecified atom stereocenters. The van der Waals surface area contributed by atoms with E-state index in [1.54, 1.807) is 0 Å². The third-order valence-corrected chi connectivity index (χ3v) is 3.56. The van der Waals surface area contributed by atoms with Gasteiger partial charge in [-0.15, -0.1) is 0 Å². The van der Waals surface area contributed by atoms with E-state index in [0.29, 0.717) is 6.61 Å². The van der Waals surface area contributed by atoms with Crippen molar-refractivity contribution in [1.82, 2.24) is 0 Å². The fourth-order valence-electron chi connectivity index (χ4n) is 1.62. The minimum absolute atomic E-state index is 0.111. The summed E-state index contributed by atoms with van der Waals surface area (Å²) in [5.41, 5.74) is 0.983. The molecule has 7 nitrogen and oxygen atoms in total. The van der Waals surface area contributed by atoms with E-state index in [1.807, 2.05) is 30.3 Å². The van der Waals surface area contributed by atoms with Gasteiger partial charge in [-0.3, -0.25) is 9.36 Å². The molecule has 0 saturated heterocycles. The number of benzene rings is 1. The molecule has 0 spiro atoms. The van der Waals surface area contributed by atoms with E-state index in [-0.39, 0.29) is 26.0 Å². The lowest BCUT2D eigenvalue weighted by molar-refractivity contribution is -0.161. The van der Waals surface area contributed by atoms with Crippen LogP contribution in [0.5, 0.6) is 0 Å². The molecule has 0 amide bonds. The molecule has 1 rings (SSSR count). The molecule has 2 N–H and O–H groups in total. The van der Waals surface area contributed by atoms with Gasteiger partial charge in [-0.25, -0.2) is 0 Å². The predicted octanol–water partition coefficient (Wildman–Crippen LogP) is 1.68. The van der Waals surface area contributed by atoms with Crippen LogP contribution in [0.15, 0.2) is 30.3 Å². The molecule has 1 aromatic rings. The van der Waals surface area contributed by atoms with Gasteiger partial charge in [0.2, 0.25) is 0 Å². The summed E-state index contributed by atoms with van der Waals surface area (Å²) in [5.74, 6) is -0.487. The molecule has 0 aliphatic rings. The van der Waals surface area contributed by atoms with E-state index in [4.69, 9.17) is 19.3 Å². The molecule has 22 heavy (non-hydrogen) atoms. The number of ether oxygens (including phenoxy) is 3. The van der Waals surface area contributed by atoms with Gasteiger partial charge in [0, 0.05) is 6.92 Å². The van der Waals surface area contributed by atoms with Gasteiger partial charge in [-0.1, -0.05) is 30.3 Å². The second-order valence-corrected chi connectivity index (χ2v) is 6.50. The van der Waals surface area contributed by atoms with Crippen molar-refractivity contribution in [3.05, 3.63) is 35.9 Å². The second kappa shape index (κ2) is 9.71. The molecular weight excluding hydrogens is 311 g/mol. The molecular formula is C14H21O7P. The van der Waals surface area contributed by atoms with Crippen LogP contribution < -0.4 is 0 Å². The average Bonchev–Trinajstić information content (AvgIpc) is 2.44. The topological polar surface area (TPSA) is 102 Å². The molecule has 8 heteroatoms. The lowest BCUT2D eigenvalue weighted by Crippen LogP contribution is -2.23.